The third-order valence-corrected chi connectivity index (χ3v) is 2.82. The molecule has 1 aromatic carbocycles. The lowest BCUT2D eigenvalue weighted by Crippen LogP contribution is -2.19. The highest BCUT2D eigenvalue weighted by molar-refractivity contribution is 6.32. The number of halogens is 1. The second-order valence-electron chi connectivity index (χ2n) is 3.63. The Morgan fingerprint density at radius 1 is 1.53 bits per heavy atom. The molecule has 100 valence electrons. The lowest BCUT2D eigenvalue weighted by molar-refractivity contribution is 0.0959. The second-order valence-corrected chi connectivity index (χ2v) is 4.04. The standard InChI is InChI=1S/C11H12ClN5O2/c1-14-11(18)9-10(13)17(16-15-9)6-3-4-8(19-2)7(12)5-6/h3-5H,13H2,1-2H3,(H,14,18). The van der Waals surface area contributed by atoms with Gasteiger partial charge in [0.25, 0.3) is 5.91 Å². The molecule has 2 aromatic rings. The molecule has 0 atom stereocenters. The lowest BCUT2D eigenvalue weighted by Gasteiger charge is -2.06. The summed E-state index contributed by atoms with van der Waals surface area (Å²) in [6, 6.07) is 5.01. The molecule has 1 amide bonds. The van der Waals surface area contributed by atoms with Crippen LogP contribution in [0.15, 0.2) is 18.2 Å². The van der Waals surface area contributed by atoms with E-state index in [1.807, 2.05) is 0 Å². The normalized spacial score (nSPS) is 10.3. The average Bonchev–Trinajstić information content (AvgIpc) is 2.79. The van der Waals surface area contributed by atoms with E-state index in [0.717, 1.165) is 0 Å². The summed E-state index contributed by atoms with van der Waals surface area (Å²) in [5.41, 5.74) is 6.49. The van der Waals surface area contributed by atoms with Gasteiger partial charge < -0.3 is 15.8 Å². The zero-order chi connectivity index (χ0) is 14.0. The van der Waals surface area contributed by atoms with E-state index in [0.29, 0.717) is 16.5 Å². The zero-order valence-electron chi connectivity index (χ0n) is 10.3. The van der Waals surface area contributed by atoms with Gasteiger partial charge in [-0.05, 0) is 18.2 Å². The van der Waals surface area contributed by atoms with E-state index in [1.54, 1.807) is 18.2 Å². The Hall–Kier alpha value is -2.28. The number of ether oxygens (including phenoxy) is 1. The number of nitrogen functional groups attached to an aromatic ring is 1. The number of hydrogen-bond acceptors (Lipinski definition) is 5. The Labute approximate surface area is 114 Å². The minimum atomic E-state index is -0.400. The van der Waals surface area contributed by atoms with Crippen molar-refractivity contribution in [2.45, 2.75) is 0 Å². The van der Waals surface area contributed by atoms with Crippen LogP contribution in [0.4, 0.5) is 5.82 Å². The quantitative estimate of drug-likeness (QED) is 0.870. The van der Waals surface area contributed by atoms with Gasteiger partial charge in [0.15, 0.2) is 11.5 Å². The van der Waals surface area contributed by atoms with Crippen LogP contribution >= 0.6 is 11.6 Å². The summed E-state index contributed by atoms with van der Waals surface area (Å²) >= 11 is 6.02. The SMILES string of the molecule is CNC(=O)c1nnn(-c2ccc(OC)c(Cl)c2)c1N. The van der Waals surface area contributed by atoms with Crippen molar-refractivity contribution in [3.63, 3.8) is 0 Å². The maximum absolute atomic E-state index is 11.5. The highest BCUT2D eigenvalue weighted by atomic mass is 35.5. The van der Waals surface area contributed by atoms with E-state index in [1.165, 1.54) is 18.8 Å². The van der Waals surface area contributed by atoms with Crippen LogP contribution in [-0.4, -0.2) is 35.1 Å². The first-order chi connectivity index (χ1) is 9.08. The molecule has 0 saturated heterocycles. The van der Waals surface area contributed by atoms with Crippen LogP contribution < -0.4 is 15.8 Å². The summed E-state index contributed by atoms with van der Waals surface area (Å²) in [5.74, 6) is 0.277. The Morgan fingerprint density at radius 3 is 2.84 bits per heavy atom. The summed E-state index contributed by atoms with van der Waals surface area (Å²) in [6.07, 6.45) is 0. The first-order valence-electron chi connectivity index (χ1n) is 5.35. The van der Waals surface area contributed by atoms with Crippen molar-refractivity contribution in [3.8, 4) is 11.4 Å². The van der Waals surface area contributed by atoms with Crippen LogP contribution in [0, 0.1) is 0 Å². The topological polar surface area (TPSA) is 95.1 Å². The minimum absolute atomic E-state index is 0.0643. The summed E-state index contributed by atoms with van der Waals surface area (Å²) in [4.78, 5) is 11.5. The maximum Gasteiger partial charge on any atom is 0.275 e. The molecule has 0 unspecified atom stereocenters. The first kappa shape index (κ1) is 13.2. The number of nitrogens with two attached hydrogens (primary N) is 1. The molecule has 19 heavy (non-hydrogen) atoms. The minimum Gasteiger partial charge on any atom is -0.495 e. The van der Waals surface area contributed by atoms with Crippen molar-refractivity contribution in [3.05, 3.63) is 28.9 Å². The molecule has 0 radical (unpaired) electrons. The number of carbonyl (C=O) groups is 1. The summed E-state index contributed by atoms with van der Waals surface area (Å²) < 4.78 is 6.38. The molecule has 2 rings (SSSR count). The number of nitrogens with zero attached hydrogens (tertiary/aromatic N) is 3. The summed E-state index contributed by atoms with van der Waals surface area (Å²) in [7, 11) is 3.01. The molecule has 0 bridgehead atoms. The molecule has 3 N–H and O–H groups in total. The van der Waals surface area contributed by atoms with Crippen molar-refractivity contribution in [1.29, 1.82) is 0 Å². The van der Waals surface area contributed by atoms with Gasteiger partial charge in [-0.3, -0.25) is 4.79 Å². The highest BCUT2D eigenvalue weighted by Crippen LogP contribution is 2.27. The lowest BCUT2D eigenvalue weighted by atomic mass is 10.3. The molecular weight excluding hydrogens is 270 g/mol. The molecule has 7 nitrogen and oxygen atoms in total. The van der Waals surface area contributed by atoms with Gasteiger partial charge in [-0.2, -0.15) is 4.68 Å². The number of methoxy groups -OCH3 is 1. The third kappa shape index (κ3) is 2.32. The van der Waals surface area contributed by atoms with Gasteiger partial charge in [0.1, 0.15) is 5.75 Å². The highest BCUT2D eigenvalue weighted by Gasteiger charge is 2.17. The molecule has 0 saturated carbocycles. The predicted octanol–water partition coefficient (Wildman–Crippen LogP) is 0.871. The monoisotopic (exact) mass is 281 g/mol. The van der Waals surface area contributed by atoms with Gasteiger partial charge in [0.2, 0.25) is 0 Å². The van der Waals surface area contributed by atoms with Crippen LogP contribution in [-0.2, 0) is 0 Å². The van der Waals surface area contributed by atoms with E-state index in [9.17, 15) is 4.79 Å². The Morgan fingerprint density at radius 2 is 2.26 bits per heavy atom. The molecule has 1 heterocycles. The smallest absolute Gasteiger partial charge is 0.275 e. The molecule has 8 heteroatoms. The van der Waals surface area contributed by atoms with Crippen LogP contribution in [0.25, 0.3) is 5.69 Å². The second kappa shape index (κ2) is 5.15. The molecule has 0 aliphatic rings. The van der Waals surface area contributed by atoms with E-state index < -0.39 is 5.91 Å². The number of rotatable bonds is 3. The number of carbonyl (C=O) groups excluding carboxylic acids is 1. The van der Waals surface area contributed by atoms with Crippen LogP contribution in [0.1, 0.15) is 10.5 Å². The zero-order valence-corrected chi connectivity index (χ0v) is 11.1. The number of aromatic nitrogens is 3. The van der Waals surface area contributed by atoms with Crippen molar-refractivity contribution in [2.75, 3.05) is 19.9 Å². The fraction of sp³-hybridized carbons (Fsp3) is 0.182. The van der Waals surface area contributed by atoms with Gasteiger partial charge in [-0.15, -0.1) is 5.10 Å². The molecule has 0 fully saturated rings. The number of anilines is 1. The van der Waals surface area contributed by atoms with E-state index in [-0.39, 0.29) is 11.5 Å². The van der Waals surface area contributed by atoms with E-state index in [4.69, 9.17) is 22.1 Å². The van der Waals surface area contributed by atoms with E-state index in [2.05, 4.69) is 15.6 Å². The van der Waals surface area contributed by atoms with Crippen molar-refractivity contribution < 1.29 is 9.53 Å². The first-order valence-corrected chi connectivity index (χ1v) is 5.73. The number of benzene rings is 1. The Bertz CT molecular complexity index is 626. The van der Waals surface area contributed by atoms with Crippen molar-refractivity contribution in [1.82, 2.24) is 20.3 Å². The van der Waals surface area contributed by atoms with Crippen molar-refractivity contribution >= 4 is 23.3 Å². The van der Waals surface area contributed by atoms with Crippen LogP contribution in [0.2, 0.25) is 5.02 Å². The molecule has 0 spiro atoms. The van der Waals surface area contributed by atoms with Crippen molar-refractivity contribution in [2.24, 2.45) is 0 Å². The summed E-state index contributed by atoms with van der Waals surface area (Å²) in [6.45, 7) is 0. The predicted molar refractivity (Wildman–Crippen MR) is 70.7 cm³/mol. The van der Waals surface area contributed by atoms with Gasteiger partial charge in [-0.25, -0.2) is 0 Å². The van der Waals surface area contributed by atoms with Gasteiger partial charge in [-0.1, -0.05) is 16.8 Å². The molecule has 0 aliphatic heterocycles. The fourth-order valence-electron chi connectivity index (χ4n) is 1.55. The van der Waals surface area contributed by atoms with Crippen LogP contribution in [0.5, 0.6) is 5.75 Å². The third-order valence-electron chi connectivity index (χ3n) is 2.53. The largest absolute Gasteiger partial charge is 0.495 e. The van der Waals surface area contributed by atoms with Gasteiger partial charge in [0, 0.05) is 7.05 Å². The number of amides is 1. The average molecular weight is 282 g/mol. The van der Waals surface area contributed by atoms with Crippen LogP contribution in [0.3, 0.4) is 0 Å². The van der Waals surface area contributed by atoms with E-state index >= 15 is 0 Å². The van der Waals surface area contributed by atoms with Gasteiger partial charge in [0.05, 0.1) is 17.8 Å². The molecular formula is C11H12ClN5O2. The van der Waals surface area contributed by atoms with Gasteiger partial charge >= 0.3 is 0 Å². The Balaban J connectivity index is 2.45. The molecule has 1 aromatic heterocycles. The fourth-order valence-corrected chi connectivity index (χ4v) is 1.80. The number of hydrogen-bond donors (Lipinski definition) is 2. The maximum atomic E-state index is 11.5. The molecule has 0 aliphatic carbocycles. The number of nitrogens with one attached hydrogen (secondary N) is 1. The summed E-state index contributed by atoms with van der Waals surface area (Å²) in [5, 5.41) is 10.4. The Kier molecular flexibility index (Phi) is 3.57.